The summed E-state index contributed by atoms with van der Waals surface area (Å²) < 4.78 is 0. The van der Waals surface area contributed by atoms with Crippen molar-refractivity contribution in [2.45, 2.75) is 70.8 Å². The molecule has 4 aliphatic rings. The number of ketones is 2. The van der Waals surface area contributed by atoms with Gasteiger partial charge in [-0.15, -0.1) is 0 Å². The van der Waals surface area contributed by atoms with E-state index in [1.807, 2.05) is 6.08 Å². The van der Waals surface area contributed by atoms with Crippen molar-refractivity contribution < 1.29 is 14.7 Å². The Morgan fingerprint density at radius 2 is 1.73 bits per heavy atom. The van der Waals surface area contributed by atoms with Crippen molar-refractivity contribution in [2.24, 2.45) is 22.7 Å². The van der Waals surface area contributed by atoms with Crippen LogP contribution in [0, 0.1) is 22.7 Å². The van der Waals surface area contributed by atoms with E-state index in [0.29, 0.717) is 31.0 Å². The van der Waals surface area contributed by atoms with Crippen LogP contribution in [0.25, 0.3) is 0 Å². The van der Waals surface area contributed by atoms with E-state index in [9.17, 15) is 14.7 Å². The standard InChI is InChI=1S/C19H26O3/c1-17-9-10-19(22)15(14(17)5-6-16(17)21)4-3-12-11-13(20)7-8-18(12,19)2/h11,14-15,22H,3-10H2,1-2H3/t14-,15?,17-,18-,19+/m0/s1. The number of carbonyl (C=O) groups excluding carboxylic acids is 2. The Balaban J connectivity index is 1.78. The predicted octanol–water partition coefficient (Wildman–Crippen LogP) is 3.20. The molecule has 120 valence electrons. The van der Waals surface area contributed by atoms with E-state index in [-0.39, 0.29) is 22.5 Å². The first kappa shape index (κ1) is 14.6. The van der Waals surface area contributed by atoms with E-state index in [1.54, 1.807) is 0 Å². The Hall–Kier alpha value is -0.960. The molecule has 3 saturated carbocycles. The molecule has 0 aliphatic heterocycles. The number of Topliss-reactive ketones (excluding diaryl/α,β-unsaturated/α-hetero) is 1. The summed E-state index contributed by atoms with van der Waals surface area (Å²) in [4.78, 5) is 24.2. The number of rotatable bonds is 0. The molecule has 0 aromatic heterocycles. The van der Waals surface area contributed by atoms with Gasteiger partial charge in [0.15, 0.2) is 5.78 Å². The van der Waals surface area contributed by atoms with Crippen LogP contribution in [-0.2, 0) is 9.59 Å². The van der Waals surface area contributed by atoms with Gasteiger partial charge in [-0.25, -0.2) is 0 Å². The van der Waals surface area contributed by atoms with E-state index in [4.69, 9.17) is 0 Å². The molecule has 0 radical (unpaired) electrons. The van der Waals surface area contributed by atoms with Crippen molar-refractivity contribution >= 4 is 11.6 Å². The summed E-state index contributed by atoms with van der Waals surface area (Å²) in [6.45, 7) is 4.29. The Kier molecular flexibility index (Phi) is 2.87. The van der Waals surface area contributed by atoms with Gasteiger partial charge < -0.3 is 5.11 Å². The highest BCUT2D eigenvalue weighted by atomic mass is 16.3. The molecule has 4 rings (SSSR count). The lowest BCUT2D eigenvalue weighted by atomic mass is 9.45. The highest BCUT2D eigenvalue weighted by Crippen LogP contribution is 2.66. The molecule has 0 heterocycles. The Labute approximate surface area is 132 Å². The van der Waals surface area contributed by atoms with Gasteiger partial charge in [0, 0.05) is 23.7 Å². The smallest absolute Gasteiger partial charge is 0.155 e. The van der Waals surface area contributed by atoms with Crippen LogP contribution in [0.15, 0.2) is 11.6 Å². The lowest BCUT2D eigenvalue weighted by molar-refractivity contribution is -0.188. The molecule has 3 heteroatoms. The SMILES string of the molecule is C[C@]12CCC(=O)C=C1CCC1[C@@H]3CCC(=O)[C@@]3(C)CC[C@@]12O. The Bertz CT molecular complexity index is 591. The van der Waals surface area contributed by atoms with E-state index in [0.717, 1.165) is 37.7 Å². The second-order valence-electron chi connectivity index (χ2n) is 8.52. The largest absolute Gasteiger partial charge is 0.389 e. The van der Waals surface area contributed by atoms with Crippen molar-refractivity contribution in [1.82, 2.24) is 0 Å². The maximum absolute atomic E-state index is 12.4. The molecule has 1 N–H and O–H groups in total. The zero-order valence-electron chi connectivity index (χ0n) is 13.7. The summed E-state index contributed by atoms with van der Waals surface area (Å²) in [7, 11) is 0. The summed E-state index contributed by atoms with van der Waals surface area (Å²) in [5.74, 6) is 1.17. The van der Waals surface area contributed by atoms with Gasteiger partial charge in [0.05, 0.1) is 5.60 Å². The number of fused-ring (bicyclic) bond motifs is 5. The van der Waals surface area contributed by atoms with Crippen LogP contribution in [-0.4, -0.2) is 22.3 Å². The fraction of sp³-hybridized carbons (Fsp3) is 0.789. The molecule has 4 aliphatic carbocycles. The van der Waals surface area contributed by atoms with Gasteiger partial charge in [-0.2, -0.15) is 0 Å². The lowest BCUT2D eigenvalue weighted by Gasteiger charge is -2.61. The minimum atomic E-state index is -0.730. The summed E-state index contributed by atoms with van der Waals surface area (Å²) in [5, 5.41) is 11.7. The summed E-state index contributed by atoms with van der Waals surface area (Å²) in [6.07, 6.45) is 8.11. The molecular weight excluding hydrogens is 276 g/mol. The molecular formula is C19H26O3. The molecule has 22 heavy (non-hydrogen) atoms. The van der Waals surface area contributed by atoms with Crippen LogP contribution in [0.2, 0.25) is 0 Å². The average Bonchev–Trinajstić information content (AvgIpc) is 2.77. The van der Waals surface area contributed by atoms with Gasteiger partial charge in [-0.1, -0.05) is 19.4 Å². The van der Waals surface area contributed by atoms with Gasteiger partial charge in [0.1, 0.15) is 5.78 Å². The topological polar surface area (TPSA) is 54.4 Å². The molecule has 0 spiro atoms. The second-order valence-corrected chi connectivity index (χ2v) is 8.52. The van der Waals surface area contributed by atoms with Gasteiger partial charge in [-0.3, -0.25) is 9.59 Å². The quantitative estimate of drug-likeness (QED) is 0.747. The summed E-state index contributed by atoms with van der Waals surface area (Å²) in [6, 6.07) is 0. The minimum Gasteiger partial charge on any atom is -0.389 e. The molecule has 0 saturated heterocycles. The van der Waals surface area contributed by atoms with Gasteiger partial charge in [0.2, 0.25) is 0 Å². The average molecular weight is 302 g/mol. The van der Waals surface area contributed by atoms with Crippen LogP contribution in [0.5, 0.6) is 0 Å². The van der Waals surface area contributed by atoms with E-state index in [2.05, 4.69) is 13.8 Å². The van der Waals surface area contributed by atoms with Crippen LogP contribution in [0.3, 0.4) is 0 Å². The third-order valence-corrected chi connectivity index (χ3v) is 7.86. The lowest BCUT2D eigenvalue weighted by Crippen LogP contribution is -2.63. The summed E-state index contributed by atoms with van der Waals surface area (Å²) in [5.41, 5.74) is -0.0436. The molecule has 5 atom stereocenters. The number of carbonyl (C=O) groups is 2. The Morgan fingerprint density at radius 3 is 2.50 bits per heavy atom. The fourth-order valence-electron chi connectivity index (χ4n) is 6.27. The van der Waals surface area contributed by atoms with E-state index >= 15 is 0 Å². The maximum atomic E-state index is 12.4. The normalized spacial score (nSPS) is 51.0. The van der Waals surface area contributed by atoms with Crippen molar-refractivity contribution in [2.75, 3.05) is 0 Å². The monoisotopic (exact) mass is 302 g/mol. The van der Waals surface area contributed by atoms with Crippen molar-refractivity contribution in [3.63, 3.8) is 0 Å². The number of aliphatic hydroxyl groups is 1. The van der Waals surface area contributed by atoms with Gasteiger partial charge in [0.25, 0.3) is 0 Å². The van der Waals surface area contributed by atoms with Crippen LogP contribution < -0.4 is 0 Å². The van der Waals surface area contributed by atoms with Crippen molar-refractivity contribution in [3.8, 4) is 0 Å². The fourth-order valence-corrected chi connectivity index (χ4v) is 6.27. The predicted molar refractivity (Wildman–Crippen MR) is 83.2 cm³/mol. The van der Waals surface area contributed by atoms with Crippen LogP contribution >= 0.6 is 0 Å². The number of hydrogen-bond acceptors (Lipinski definition) is 3. The van der Waals surface area contributed by atoms with Crippen molar-refractivity contribution in [3.05, 3.63) is 11.6 Å². The molecule has 3 fully saturated rings. The molecule has 0 aromatic carbocycles. The third kappa shape index (κ3) is 1.56. The third-order valence-electron chi connectivity index (χ3n) is 7.86. The molecule has 3 nitrogen and oxygen atoms in total. The maximum Gasteiger partial charge on any atom is 0.155 e. The zero-order valence-corrected chi connectivity index (χ0v) is 13.7. The second kappa shape index (κ2) is 4.31. The molecule has 0 bridgehead atoms. The first-order valence-electron chi connectivity index (χ1n) is 8.81. The zero-order chi connectivity index (χ0) is 15.8. The highest BCUT2D eigenvalue weighted by molar-refractivity contribution is 5.92. The first-order chi connectivity index (χ1) is 10.3. The molecule has 0 aromatic rings. The van der Waals surface area contributed by atoms with Crippen LogP contribution in [0.1, 0.15) is 65.2 Å². The van der Waals surface area contributed by atoms with E-state index < -0.39 is 5.60 Å². The molecule has 1 unspecified atom stereocenters. The van der Waals surface area contributed by atoms with E-state index in [1.165, 1.54) is 0 Å². The van der Waals surface area contributed by atoms with Gasteiger partial charge in [-0.05, 0) is 56.4 Å². The first-order valence-corrected chi connectivity index (χ1v) is 8.81. The Morgan fingerprint density at radius 1 is 1.00 bits per heavy atom. The number of hydrogen-bond donors (Lipinski definition) is 1. The minimum absolute atomic E-state index is 0.209. The van der Waals surface area contributed by atoms with Gasteiger partial charge >= 0.3 is 0 Å². The van der Waals surface area contributed by atoms with Crippen LogP contribution in [0.4, 0.5) is 0 Å². The summed E-state index contributed by atoms with van der Waals surface area (Å²) >= 11 is 0. The molecule has 0 amide bonds. The van der Waals surface area contributed by atoms with Crippen molar-refractivity contribution in [1.29, 1.82) is 0 Å². The highest BCUT2D eigenvalue weighted by Gasteiger charge is 2.65.